The van der Waals surface area contributed by atoms with E-state index < -0.39 is 5.91 Å². The van der Waals surface area contributed by atoms with Gasteiger partial charge in [0.15, 0.2) is 6.29 Å². The standard InChI is InChI=1S/C28H24N4O3/c1-28(2,3)18-11-12-19-17(13-18)14-30-32(27(19)35)25-10-6-9-24(22(25)16-33)31-15-21(26(29)34)20-7-4-5-8-23(20)31/h4-16H,1-3H3,(H2,29,34). The number of carbonyl (C=O) groups excluding carboxylic acids is 2. The number of fused-ring (bicyclic) bond motifs is 2. The Bertz CT molecular complexity index is 1700. The summed E-state index contributed by atoms with van der Waals surface area (Å²) in [5, 5.41) is 6.33. The largest absolute Gasteiger partial charge is 0.366 e. The molecule has 0 aliphatic heterocycles. The number of hydrogen-bond donors (Lipinski definition) is 1. The van der Waals surface area contributed by atoms with Gasteiger partial charge in [-0.2, -0.15) is 9.78 Å². The van der Waals surface area contributed by atoms with Crippen LogP contribution < -0.4 is 11.3 Å². The average molecular weight is 465 g/mol. The molecular weight excluding hydrogens is 440 g/mol. The summed E-state index contributed by atoms with van der Waals surface area (Å²) in [6.45, 7) is 6.33. The van der Waals surface area contributed by atoms with Crippen LogP contribution in [0.1, 0.15) is 47.1 Å². The average Bonchev–Trinajstić information content (AvgIpc) is 3.23. The highest BCUT2D eigenvalue weighted by Crippen LogP contribution is 2.29. The number of benzene rings is 3. The molecule has 3 aromatic carbocycles. The van der Waals surface area contributed by atoms with E-state index in [1.54, 1.807) is 47.3 Å². The second-order valence-corrected chi connectivity index (χ2v) is 9.54. The van der Waals surface area contributed by atoms with Crippen molar-refractivity contribution in [2.75, 3.05) is 0 Å². The van der Waals surface area contributed by atoms with Crippen LogP contribution in [0.4, 0.5) is 0 Å². The minimum atomic E-state index is -0.564. The van der Waals surface area contributed by atoms with Gasteiger partial charge < -0.3 is 10.3 Å². The summed E-state index contributed by atoms with van der Waals surface area (Å²) in [5.74, 6) is -0.564. The fourth-order valence-electron chi connectivity index (χ4n) is 4.42. The van der Waals surface area contributed by atoms with Gasteiger partial charge in [0.25, 0.3) is 11.5 Å². The Morgan fingerprint density at radius 3 is 2.43 bits per heavy atom. The van der Waals surface area contributed by atoms with Crippen LogP contribution in [0.5, 0.6) is 0 Å². The van der Waals surface area contributed by atoms with Crippen molar-refractivity contribution in [2.24, 2.45) is 5.73 Å². The molecule has 35 heavy (non-hydrogen) atoms. The quantitative estimate of drug-likeness (QED) is 0.395. The molecular formula is C28H24N4O3. The predicted octanol–water partition coefficient (Wildman–Crippen LogP) is 4.54. The van der Waals surface area contributed by atoms with E-state index in [0.717, 1.165) is 16.5 Å². The number of aromatic nitrogens is 3. The van der Waals surface area contributed by atoms with E-state index in [4.69, 9.17) is 5.73 Å². The molecule has 0 atom stereocenters. The van der Waals surface area contributed by atoms with Crippen molar-refractivity contribution < 1.29 is 9.59 Å². The molecule has 0 bridgehead atoms. The Hall–Kier alpha value is -4.52. The minimum Gasteiger partial charge on any atom is -0.366 e. The van der Waals surface area contributed by atoms with E-state index in [1.165, 1.54) is 4.68 Å². The molecule has 2 aromatic heterocycles. The third-order valence-electron chi connectivity index (χ3n) is 6.30. The molecule has 2 N–H and O–H groups in total. The first-order valence-corrected chi connectivity index (χ1v) is 11.2. The zero-order valence-corrected chi connectivity index (χ0v) is 19.6. The summed E-state index contributed by atoms with van der Waals surface area (Å²) >= 11 is 0. The summed E-state index contributed by atoms with van der Waals surface area (Å²) in [7, 11) is 0. The smallest absolute Gasteiger partial charge is 0.279 e. The summed E-state index contributed by atoms with van der Waals surface area (Å²) in [5.41, 5.74) is 8.51. The van der Waals surface area contributed by atoms with E-state index in [-0.39, 0.29) is 16.5 Å². The number of para-hydroxylation sites is 1. The second kappa shape index (κ2) is 8.06. The Kier molecular flexibility index (Phi) is 5.13. The summed E-state index contributed by atoms with van der Waals surface area (Å²) in [6, 6.07) is 18.2. The van der Waals surface area contributed by atoms with E-state index >= 15 is 0 Å². The second-order valence-electron chi connectivity index (χ2n) is 9.54. The molecule has 0 fully saturated rings. The number of carbonyl (C=O) groups is 2. The Morgan fingerprint density at radius 2 is 1.71 bits per heavy atom. The first-order valence-electron chi connectivity index (χ1n) is 11.2. The van der Waals surface area contributed by atoms with E-state index in [2.05, 4.69) is 25.9 Å². The number of primary amides is 1. The van der Waals surface area contributed by atoms with E-state index in [1.807, 2.05) is 30.3 Å². The number of nitrogens with two attached hydrogens (primary N) is 1. The first-order chi connectivity index (χ1) is 16.7. The molecule has 0 spiro atoms. The number of rotatable bonds is 4. The molecule has 2 heterocycles. The monoisotopic (exact) mass is 464 g/mol. The van der Waals surface area contributed by atoms with E-state index in [0.29, 0.717) is 34.0 Å². The predicted molar refractivity (Wildman–Crippen MR) is 137 cm³/mol. The maximum absolute atomic E-state index is 13.4. The lowest BCUT2D eigenvalue weighted by Crippen LogP contribution is -2.23. The van der Waals surface area contributed by atoms with Crippen molar-refractivity contribution in [1.82, 2.24) is 14.3 Å². The summed E-state index contributed by atoms with van der Waals surface area (Å²) < 4.78 is 2.98. The van der Waals surface area contributed by atoms with Crippen molar-refractivity contribution in [2.45, 2.75) is 26.2 Å². The van der Waals surface area contributed by atoms with Crippen LogP contribution in [0, 0.1) is 0 Å². The van der Waals surface area contributed by atoms with Crippen molar-refractivity contribution in [3.05, 3.63) is 100 Å². The highest BCUT2D eigenvalue weighted by molar-refractivity contribution is 6.07. The van der Waals surface area contributed by atoms with Crippen LogP contribution in [-0.2, 0) is 5.41 Å². The van der Waals surface area contributed by atoms with Gasteiger partial charge in [-0.05, 0) is 41.3 Å². The summed E-state index contributed by atoms with van der Waals surface area (Å²) in [4.78, 5) is 37.8. The van der Waals surface area contributed by atoms with Gasteiger partial charge in [-0.25, -0.2) is 0 Å². The van der Waals surface area contributed by atoms with Gasteiger partial charge in [-0.3, -0.25) is 14.4 Å². The molecule has 174 valence electrons. The van der Waals surface area contributed by atoms with Gasteiger partial charge in [0.05, 0.1) is 39.6 Å². The molecule has 5 aromatic rings. The number of nitrogens with zero attached hydrogens (tertiary/aromatic N) is 3. The minimum absolute atomic E-state index is 0.0641. The van der Waals surface area contributed by atoms with Crippen LogP contribution >= 0.6 is 0 Å². The fraction of sp³-hybridized carbons (Fsp3) is 0.143. The van der Waals surface area contributed by atoms with Crippen molar-refractivity contribution in [1.29, 1.82) is 0 Å². The van der Waals surface area contributed by atoms with Gasteiger partial charge in [-0.1, -0.05) is 51.1 Å². The lowest BCUT2D eigenvalue weighted by Gasteiger charge is -2.19. The van der Waals surface area contributed by atoms with Crippen molar-refractivity contribution in [3.8, 4) is 11.4 Å². The lowest BCUT2D eigenvalue weighted by molar-refractivity contribution is 0.100. The van der Waals surface area contributed by atoms with Crippen LogP contribution in [0.2, 0.25) is 0 Å². The highest BCUT2D eigenvalue weighted by Gasteiger charge is 2.19. The highest BCUT2D eigenvalue weighted by atomic mass is 16.1. The zero-order chi connectivity index (χ0) is 24.9. The SMILES string of the molecule is CC(C)(C)c1ccc2c(=O)n(-c3cccc(-n4cc(C(N)=O)c5ccccc54)c3C=O)ncc2c1. The Morgan fingerprint density at radius 1 is 0.971 bits per heavy atom. The fourth-order valence-corrected chi connectivity index (χ4v) is 4.42. The lowest BCUT2D eigenvalue weighted by atomic mass is 9.86. The number of hydrogen-bond acceptors (Lipinski definition) is 4. The molecule has 0 aliphatic carbocycles. The maximum atomic E-state index is 13.4. The Labute approximate surface area is 201 Å². The molecule has 5 rings (SSSR count). The zero-order valence-electron chi connectivity index (χ0n) is 19.6. The maximum Gasteiger partial charge on any atom is 0.279 e. The molecule has 0 aliphatic rings. The summed E-state index contributed by atoms with van der Waals surface area (Å²) in [6.07, 6.45) is 3.96. The van der Waals surface area contributed by atoms with Gasteiger partial charge in [0.2, 0.25) is 0 Å². The third kappa shape index (κ3) is 3.61. The molecule has 1 amide bonds. The Balaban J connectivity index is 1.74. The van der Waals surface area contributed by atoms with Gasteiger partial charge in [-0.15, -0.1) is 0 Å². The van der Waals surface area contributed by atoms with Crippen molar-refractivity contribution >= 4 is 33.9 Å². The number of aldehydes is 1. The first kappa shape index (κ1) is 22.3. The van der Waals surface area contributed by atoms with Crippen LogP contribution in [0.3, 0.4) is 0 Å². The molecule has 0 saturated heterocycles. The van der Waals surface area contributed by atoms with Gasteiger partial charge in [0, 0.05) is 17.0 Å². The van der Waals surface area contributed by atoms with Crippen LogP contribution in [0.25, 0.3) is 33.1 Å². The molecule has 7 heteroatoms. The van der Waals surface area contributed by atoms with E-state index in [9.17, 15) is 14.4 Å². The van der Waals surface area contributed by atoms with Crippen LogP contribution in [0.15, 0.2) is 77.9 Å². The molecule has 0 saturated carbocycles. The van der Waals surface area contributed by atoms with Crippen molar-refractivity contribution in [3.63, 3.8) is 0 Å². The molecule has 0 unspecified atom stereocenters. The topological polar surface area (TPSA) is 100.0 Å². The molecule has 7 nitrogen and oxygen atoms in total. The van der Waals surface area contributed by atoms with Gasteiger partial charge in [0.1, 0.15) is 0 Å². The number of amides is 1. The molecule has 0 radical (unpaired) electrons. The third-order valence-corrected chi connectivity index (χ3v) is 6.30. The normalized spacial score (nSPS) is 11.7. The van der Waals surface area contributed by atoms with Gasteiger partial charge >= 0.3 is 0 Å². The van der Waals surface area contributed by atoms with Crippen LogP contribution in [-0.4, -0.2) is 26.5 Å².